The van der Waals surface area contributed by atoms with E-state index in [0.717, 1.165) is 10.9 Å². The van der Waals surface area contributed by atoms with Crippen molar-refractivity contribution in [2.75, 3.05) is 12.3 Å². The Labute approximate surface area is 98.4 Å². The number of rotatable bonds is 3. The van der Waals surface area contributed by atoms with Crippen LogP contribution in [-0.4, -0.2) is 16.6 Å². The lowest BCUT2D eigenvalue weighted by Gasteiger charge is -2.17. The molecule has 15 heavy (non-hydrogen) atoms. The summed E-state index contributed by atoms with van der Waals surface area (Å²) in [5.74, 6) is 0.732. The number of anilines is 1. The molecule has 0 fully saturated rings. The lowest BCUT2D eigenvalue weighted by atomic mass is 9.93. The van der Waals surface area contributed by atoms with E-state index < -0.39 is 0 Å². The van der Waals surface area contributed by atoms with Crippen LogP contribution in [0.4, 0.5) is 5.95 Å². The van der Waals surface area contributed by atoms with Gasteiger partial charge < -0.3 is 10.5 Å². The van der Waals surface area contributed by atoms with Crippen LogP contribution in [-0.2, 0) is 0 Å². The van der Waals surface area contributed by atoms with Crippen molar-refractivity contribution in [1.29, 1.82) is 0 Å². The van der Waals surface area contributed by atoms with Crippen molar-refractivity contribution in [2.45, 2.75) is 27.2 Å². The number of nitrogens with zero attached hydrogens (tertiary/aromatic N) is 2. The van der Waals surface area contributed by atoms with Crippen LogP contribution in [0.1, 0.15) is 27.2 Å². The van der Waals surface area contributed by atoms with Gasteiger partial charge in [0.05, 0.1) is 17.3 Å². The van der Waals surface area contributed by atoms with Crippen molar-refractivity contribution in [3.8, 4) is 5.88 Å². The van der Waals surface area contributed by atoms with Crippen LogP contribution in [0.25, 0.3) is 0 Å². The average molecular weight is 274 g/mol. The molecular weight excluding hydrogens is 258 g/mol. The minimum atomic E-state index is 0.226. The lowest BCUT2D eigenvalue weighted by Crippen LogP contribution is -2.12. The summed E-state index contributed by atoms with van der Waals surface area (Å²) < 4.78 is 6.24. The van der Waals surface area contributed by atoms with Gasteiger partial charge in [0.25, 0.3) is 0 Å². The third-order valence-corrected chi connectivity index (χ3v) is 2.37. The Balaban J connectivity index is 2.54. The first-order chi connectivity index (χ1) is 6.88. The van der Waals surface area contributed by atoms with Crippen molar-refractivity contribution in [3.05, 3.63) is 10.7 Å². The topological polar surface area (TPSA) is 61.0 Å². The van der Waals surface area contributed by atoms with E-state index in [-0.39, 0.29) is 11.4 Å². The highest BCUT2D eigenvalue weighted by molar-refractivity contribution is 9.10. The molecular formula is C10H16BrN3O. The summed E-state index contributed by atoms with van der Waals surface area (Å²) in [5.41, 5.74) is 5.72. The zero-order chi connectivity index (χ0) is 11.5. The van der Waals surface area contributed by atoms with Crippen LogP contribution in [0.15, 0.2) is 10.7 Å². The summed E-state index contributed by atoms with van der Waals surface area (Å²) in [6.45, 7) is 7.12. The highest BCUT2D eigenvalue weighted by atomic mass is 79.9. The summed E-state index contributed by atoms with van der Waals surface area (Å²) in [5, 5.41) is 0. The number of aromatic nitrogens is 2. The van der Waals surface area contributed by atoms with Crippen molar-refractivity contribution in [1.82, 2.24) is 9.97 Å². The molecule has 1 heterocycles. The van der Waals surface area contributed by atoms with Crippen molar-refractivity contribution in [2.24, 2.45) is 5.41 Å². The lowest BCUT2D eigenvalue weighted by molar-refractivity contribution is 0.235. The monoisotopic (exact) mass is 273 g/mol. The molecule has 0 aromatic carbocycles. The van der Waals surface area contributed by atoms with E-state index in [1.54, 1.807) is 6.20 Å². The second-order valence-corrected chi connectivity index (χ2v) is 5.39. The third kappa shape index (κ3) is 4.46. The third-order valence-electron chi connectivity index (χ3n) is 1.82. The predicted molar refractivity (Wildman–Crippen MR) is 63.7 cm³/mol. The molecule has 0 spiro atoms. The highest BCUT2D eigenvalue weighted by Gasteiger charge is 2.11. The quantitative estimate of drug-likeness (QED) is 0.920. The van der Waals surface area contributed by atoms with Crippen molar-refractivity contribution in [3.63, 3.8) is 0 Å². The van der Waals surface area contributed by atoms with Crippen molar-refractivity contribution < 1.29 is 4.74 Å². The molecule has 2 N–H and O–H groups in total. The van der Waals surface area contributed by atoms with Gasteiger partial charge in [-0.1, -0.05) is 20.8 Å². The molecule has 0 aliphatic carbocycles. The molecule has 0 unspecified atom stereocenters. The van der Waals surface area contributed by atoms with Gasteiger partial charge in [-0.15, -0.1) is 0 Å². The largest absolute Gasteiger partial charge is 0.477 e. The summed E-state index contributed by atoms with van der Waals surface area (Å²) >= 11 is 3.31. The fourth-order valence-corrected chi connectivity index (χ4v) is 1.22. The van der Waals surface area contributed by atoms with Crippen LogP contribution in [0.2, 0.25) is 0 Å². The van der Waals surface area contributed by atoms with Gasteiger partial charge in [-0.05, 0) is 27.8 Å². The standard InChI is InChI=1S/C10H16BrN3O/c1-10(2,3)4-5-15-8-7(11)6-13-9(12)14-8/h6H,4-5H2,1-3H3,(H2,12,13,14). The highest BCUT2D eigenvalue weighted by Crippen LogP contribution is 2.23. The Morgan fingerprint density at radius 1 is 1.47 bits per heavy atom. The molecule has 1 aromatic rings. The van der Waals surface area contributed by atoms with Crippen LogP contribution in [0, 0.1) is 5.41 Å². The average Bonchev–Trinajstić information content (AvgIpc) is 2.09. The second-order valence-electron chi connectivity index (χ2n) is 4.54. The van der Waals surface area contributed by atoms with E-state index in [0.29, 0.717) is 12.5 Å². The molecule has 84 valence electrons. The van der Waals surface area contributed by atoms with Gasteiger partial charge in [-0.3, -0.25) is 0 Å². The molecule has 4 nitrogen and oxygen atoms in total. The van der Waals surface area contributed by atoms with E-state index in [9.17, 15) is 0 Å². The van der Waals surface area contributed by atoms with Gasteiger partial charge in [0.15, 0.2) is 0 Å². The molecule has 0 atom stereocenters. The number of nitrogen functional groups attached to an aromatic ring is 1. The zero-order valence-electron chi connectivity index (χ0n) is 9.25. The van der Waals surface area contributed by atoms with Gasteiger partial charge >= 0.3 is 0 Å². The first-order valence-corrected chi connectivity index (χ1v) is 5.58. The van der Waals surface area contributed by atoms with E-state index in [1.165, 1.54) is 0 Å². The maximum absolute atomic E-state index is 5.52. The summed E-state index contributed by atoms with van der Waals surface area (Å²) in [4.78, 5) is 7.83. The molecule has 1 rings (SSSR count). The molecule has 5 heteroatoms. The Bertz CT molecular complexity index is 336. The van der Waals surface area contributed by atoms with Gasteiger partial charge in [-0.2, -0.15) is 4.98 Å². The van der Waals surface area contributed by atoms with Gasteiger partial charge in [-0.25, -0.2) is 4.98 Å². The molecule has 0 saturated heterocycles. The smallest absolute Gasteiger partial charge is 0.232 e. The van der Waals surface area contributed by atoms with E-state index in [4.69, 9.17) is 10.5 Å². The Morgan fingerprint density at radius 2 is 2.13 bits per heavy atom. The molecule has 0 saturated carbocycles. The van der Waals surface area contributed by atoms with Crippen LogP contribution in [0.3, 0.4) is 0 Å². The van der Waals surface area contributed by atoms with Crippen LogP contribution < -0.4 is 10.5 Å². The molecule has 0 aliphatic rings. The molecule has 0 bridgehead atoms. The molecule has 0 radical (unpaired) electrons. The summed E-state index contributed by atoms with van der Waals surface area (Å²) in [7, 11) is 0. The first kappa shape index (κ1) is 12.2. The van der Waals surface area contributed by atoms with Crippen LogP contribution >= 0.6 is 15.9 Å². The number of hydrogen-bond donors (Lipinski definition) is 1. The molecule has 0 amide bonds. The minimum absolute atomic E-state index is 0.226. The van der Waals surface area contributed by atoms with Crippen molar-refractivity contribution >= 4 is 21.9 Å². The van der Waals surface area contributed by atoms with E-state index in [1.807, 2.05) is 0 Å². The number of nitrogens with two attached hydrogens (primary N) is 1. The molecule has 0 aliphatic heterocycles. The SMILES string of the molecule is CC(C)(C)CCOc1nc(N)ncc1Br. The zero-order valence-corrected chi connectivity index (χ0v) is 10.8. The molecule has 1 aromatic heterocycles. The van der Waals surface area contributed by atoms with E-state index >= 15 is 0 Å². The second kappa shape index (κ2) is 4.79. The van der Waals surface area contributed by atoms with Gasteiger partial charge in [0.2, 0.25) is 11.8 Å². The number of ether oxygens (including phenoxy) is 1. The predicted octanol–water partition coefficient (Wildman–Crippen LogP) is 2.64. The maximum Gasteiger partial charge on any atom is 0.232 e. The Kier molecular flexibility index (Phi) is 3.90. The number of halogens is 1. The fraction of sp³-hybridized carbons (Fsp3) is 0.600. The van der Waals surface area contributed by atoms with Gasteiger partial charge in [0.1, 0.15) is 0 Å². The van der Waals surface area contributed by atoms with E-state index in [2.05, 4.69) is 46.7 Å². The first-order valence-electron chi connectivity index (χ1n) is 4.79. The normalized spacial score (nSPS) is 11.5. The Hall–Kier alpha value is -0.840. The van der Waals surface area contributed by atoms with Gasteiger partial charge in [0, 0.05) is 0 Å². The summed E-state index contributed by atoms with van der Waals surface area (Å²) in [6.07, 6.45) is 2.55. The Morgan fingerprint density at radius 3 is 2.73 bits per heavy atom. The minimum Gasteiger partial charge on any atom is -0.477 e. The summed E-state index contributed by atoms with van der Waals surface area (Å²) in [6, 6.07) is 0. The maximum atomic E-state index is 5.52. The fourth-order valence-electron chi connectivity index (χ4n) is 0.919. The van der Waals surface area contributed by atoms with Crippen LogP contribution in [0.5, 0.6) is 5.88 Å². The number of hydrogen-bond acceptors (Lipinski definition) is 4.